The fourth-order valence-electron chi connectivity index (χ4n) is 1.71. The molecular weight excluding hydrogens is 214 g/mol. The zero-order chi connectivity index (χ0) is 11.1. The molecule has 2 unspecified atom stereocenters. The topological polar surface area (TPSA) is 62.5 Å². The molecule has 2 N–H and O–H groups in total. The van der Waals surface area contributed by atoms with Crippen LogP contribution in [0.1, 0.15) is 25.0 Å². The van der Waals surface area contributed by atoms with E-state index in [1.807, 2.05) is 19.9 Å². The molecule has 1 saturated heterocycles. The van der Waals surface area contributed by atoms with Crippen LogP contribution in [0.2, 0.25) is 0 Å². The van der Waals surface area contributed by atoms with E-state index in [0.29, 0.717) is 0 Å². The van der Waals surface area contributed by atoms with Crippen LogP contribution in [-0.2, 0) is 4.79 Å². The zero-order valence-electron chi connectivity index (χ0n) is 8.56. The van der Waals surface area contributed by atoms with Crippen LogP contribution < -0.4 is 5.32 Å². The molecule has 1 aromatic heterocycles. The van der Waals surface area contributed by atoms with E-state index in [4.69, 9.17) is 9.52 Å². The Morgan fingerprint density at radius 2 is 2.40 bits per heavy atom. The molecule has 2 atom stereocenters. The third kappa shape index (κ3) is 1.89. The average Bonchev–Trinajstić information content (AvgIpc) is 2.69. The van der Waals surface area contributed by atoms with Crippen LogP contribution in [0.4, 0.5) is 0 Å². The van der Waals surface area contributed by atoms with Gasteiger partial charge < -0.3 is 9.52 Å². The number of hydrogen-bond donors (Lipinski definition) is 2. The van der Waals surface area contributed by atoms with E-state index in [1.165, 1.54) is 0 Å². The van der Waals surface area contributed by atoms with Gasteiger partial charge in [0.2, 0.25) is 0 Å². The summed E-state index contributed by atoms with van der Waals surface area (Å²) in [6.07, 6.45) is 1.60. The normalized spacial score (nSPS) is 29.2. The Labute approximate surface area is 92.0 Å². The zero-order valence-corrected chi connectivity index (χ0v) is 9.38. The van der Waals surface area contributed by atoms with Gasteiger partial charge in [-0.2, -0.15) is 0 Å². The summed E-state index contributed by atoms with van der Waals surface area (Å²) in [7, 11) is 0. The molecular formula is C10H13NO3S. The Morgan fingerprint density at radius 1 is 1.67 bits per heavy atom. The van der Waals surface area contributed by atoms with Crippen LogP contribution in [0.5, 0.6) is 0 Å². The highest BCUT2D eigenvalue weighted by Gasteiger charge is 2.46. The molecule has 2 heterocycles. The van der Waals surface area contributed by atoms with Gasteiger partial charge >= 0.3 is 5.97 Å². The van der Waals surface area contributed by atoms with Crippen molar-refractivity contribution in [3.8, 4) is 0 Å². The van der Waals surface area contributed by atoms with Crippen molar-refractivity contribution in [1.82, 2.24) is 5.32 Å². The van der Waals surface area contributed by atoms with Crippen LogP contribution in [-0.4, -0.2) is 21.9 Å². The lowest BCUT2D eigenvalue weighted by atomic mass is 10.0. The standard InChI is InChI=1S/C10H13NO3S/c1-10(2)7(9(12)13)11-8(15-10)6-4-3-5-14-6/h3-5,7-8,11H,1-2H3,(H,12,13). The second-order valence-corrected chi connectivity index (χ2v) is 5.81. The van der Waals surface area contributed by atoms with Crippen molar-refractivity contribution < 1.29 is 14.3 Å². The van der Waals surface area contributed by atoms with Gasteiger partial charge in [-0.05, 0) is 26.0 Å². The Balaban J connectivity index is 2.19. The lowest BCUT2D eigenvalue weighted by Gasteiger charge is -2.20. The summed E-state index contributed by atoms with van der Waals surface area (Å²) in [5.74, 6) is -0.0432. The molecule has 0 amide bonds. The maximum atomic E-state index is 11.0. The van der Waals surface area contributed by atoms with Gasteiger partial charge in [-0.25, -0.2) is 0 Å². The fourth-order valence-corrected chi connectivity index (χ4v) is 3.07. The summed E-state index contributed by atoms with van der Waals surface area (Å²) < 4.78 is 4.93. The van der Waals surface area contributed by atoms with Crippen LogP contribution in [0, 0.1) is 0 Å². The molecule has 1 fully saturated rings. The van der Waals surface area contributed by atoms with E-state index < -0.39 is 12.0 Å². The fraction of sp³-hybridized carbons (Fsp3) is 0.500. The first-order valence-corrected chi connectivity index (χ1v) is 5.59. The summed E-state index contributed by atoms with van der Waals surface area (Å²) in [5, 5.41) is 12.0. The van der Waals surface area contributed by atoms with Gasteiger partial charge in [0.05, 0.1) is 6.26 Å². The number of nitrogens with one attached hydrogen (secondary N) is 1. The van der Waals surface area contributed by atoms with Crippen molar-refractivity contribution >= 4 is 17.7 Å². The van der Waals surface area contributed by atoms with E-state index in [0.717, 1.165) is 5.76 Å². The Kier molecular flexibility index (Phi) is 2.52. The van der Waals surface area contributed by atoms with Gasteiger partial charge in [0.15, 0.2) is 0 Å². The van der Waals surface area contributed by atoms with Crippen LogP contribution in [0.15, 0.2) is 22.8 Å². The third-order valence-electron chi connectivity index (χ3n) is 2.48. The highest BCUT2D eigenvalue weighted by atomic mass is 32.2. The minimum Gasteiger partial charge on any atom is -0.480 e. The summed E-state index contributed by atoms with van der Waals surface area (Å²) in [6, 6.07) is 3.11. The van der Waals surface area contributed by atoms with Gasteiger partial charge in [-0.1, -0.05) is 0 Å². The summed E-state index contributed by atoms with van der Waals surface area (Å²) in [6.45, 7) is 3.85. The SMILES string of the molecule is CC1(C)SC(c2ccco2)NC1C(=O)O. The van der Waals surface area contributed by atoms with E-state index in [1.54, 1.807) is 24.1 Å². The van der Waals surface area contributed by atoms with Crippen molar-refractivity contribution in [1.29, 1.82) is 0 Å². The Morgan fingerprint density at radius 3 is 2.87 bits per heavy atom. The van der Waals surface area contributed by atoms with Gasteiger partial charge in [-0.3, -0.25) is 10.1 Å². The van der Waals surface area contributed by atoms with Gasteiger partial charge in [0.25, 0.3) is 0 Å². The molecule has 15 heavy (non-hydrogen) atoms. The minimum atomic E-state index is -0.818. The predicted molar refractivity (Wildman–Crippen MR) is 57.7 cm³/mol. The second kappa shape index (κ2) is 3.57. The monoisotopic (exact) mass is 227 g/mol. The number of carbonyl (C=O) groups is 1. The lowest BCUT2D eigenvalue weighted by molar-refractivity contribution is -0.139. The number of aliphatic carboxylic acids is 1. The molecule has 5 heteroatoms. The van der Waals surface area contributed by atoms with Crippen LogP contribution in [0.3, 0.4) is 0 Å². The molecule has 0 saturated carbocycles. The van der Waals surface area contributed by atoms with Gasteiger partial charge in [-0.15, -0.1) is 11.8 Å². The molecule has 2 rings (SSSR count). The molecule has 82 valence electrons. The number of hydrogen-bond acceptors (Lipinski definition) is 4. The number of carboxylic acid groups (broad SMARTS) is 1. The molecule has 1 aliphatic heterocycles. The van der Waals surface area contributed by atoms with E-state index in [-0.39, 0.29) is 10.1 Å². The average molecular weight is 227 g/mol. The molecule has 0 aliphatic carbocycles. The van der Waals surface area contributed by atoms with E-state index in [9.17, 15) is 4.79 Å². The first kappa shape index (κ1) is 10.6. The number of rotatable bonds is 2. The predicted octanol–water partition coefficient (Wildman–Crippen LogP) is 1.85. The number of thioether (sulfide) groups is 1. The molecule has 0 bridgehead atoms. The maximum Gasteiger partial charge on any atom is 0.322 e. The number of carboxylic acids is 1. The molecule has 1 aliphatic rings. The molecule has 4 nitrogen and oxygen atoms in total. The summed E-state index contributed by atoms with van der Waals surface area (Å²) >= 11 is 1.58. The summed E-state index contributed by atoms with van der Waals surface area (Å²) in [4.78, 5) is 11.0. The largest absolute Gasteiger partial charge is 0.480 e. The lowest BCUT2D eigenvalue weighted by Crippen LogP contribution is -2.43. The van der Waals surface area contributed by atoms with E-state index >= 15 is 0 Å². The smallest absolute Gasteiger partial charge is 0.322 e. The Hall–Kier alpha value is -0.940. The molecule has 1 aromatic rings. The van der Waals surface area contributed by atoms with E-state index in [2.05, 4.69) is 5.32 Å². The van der Waals surface area contributed by atoms with Crippen molar-refractivity contribution in [2.24, 2.45) is 0 Å². The third-order valence-corrected chi connectivity index (χ3v) is 3.93. The van der Waals surface area contributed by atoms with Gasteiger partial charge in [0.1, 0.15) is 17.2 Å². The van der Waals surface area contributed by atoms with Crippen LogP contribution >= 0.6 is 11.8 Å². The second-order valence-electron chi connectivity index (χ2n) is 4.05. The van der Waals surface area contributed by atoms with Crippen molar-refractivity contribution in [3.63, 3.8) is 0 Å². The minimum absolute atomic E-state index is 0.0731. The van der Waals surface area contributed by atoms with Gasteiger partial charge in [0, 0.05) is 4.75 Å². The van der Waals surface area contributed by atoms with Crippen LogP contribution in [0.25, 0.3) is 0 Å². The van der Waals surface area contributed by atoms with Crippen molar-refractivity contribution in [3.05, 3.63) is 24.2 Å². The number of furan rings is 1. The first-order valence-electron chi connectivity index (χ1n) is 4.71. The highest BCUT2D eigenvalue weighted by Crippen LogP contribution is 2.45. The molecule has 0 radical (unpaired) electrons. The quantitative estimate of drug-likeness (QED) is 0.807. The maximum absolute atomic E-state index is 11.0. The molecule has 0 aromatic carbocycles. The molecule has 0 spiro atoms. The van der Waals surface area contributed by atoms with Crippen molar-refractivity contribution in [2.75, 3.05) is 0 Å². The van der Waals surface area contributed by atoms with Crippen molar-refractivity contribution in [2.45, 2.75) is 30.0 Å². The Bertz CT molecular complexity index is 361. The summed E-state index contributed by atoms with van der Waals surface area (Å²) in [5.41, 5.74) is 0. The highest BCUT2D eigenvalue weighted by molar-refractivity contribution is 8.01. The first-order chi connectivity index (χ1) is 7.00.